The number of anilines is 1. The molecule has 1 amide bonds. The van der Waals surface area contributed by atoms with Crippen LogP contribution in [0.5, 0.6) is 0 Å². The summed E-state index contributed by atoms with van der Waals surface area (Å²) in [6.45, 7) is 1.25. The van der Waals surface area contributed by atoms with Gasteiger partial charge in [0.25, 0.3) is 5.91 Å². The van der Waals surface area contributed by atoms with E-state index in [9.17, 15) is 4.79 Å². The zero-order chi connectivity index (χ0) is 16.4. The third-order valence-electron chi connectivity index (χ3n) is 4.16. The molecule has 3 heterocycles. The number of rotatable bonds is 4. The van der Waals surface area contributed by atoms with Crippen molar-refractivity contribution in [2.24, 2.45) is 0 Å². The van der Waals surface area contributed by atoms with Crippen LogP contribution >= 0.6 is 0 Å². The molecule has 6 heteroatoms. The molecular weight excluding hydrogens is 304 g/mol. The summed E-state index contributed by atoms with van der Waals surface area (Å²) in [6.07, 6.45) is 5.00. The minimum Gasteiger partial charge on any atom is -0.368 e. The van der Waals surface area contributed by atoms with Crippen LogP contribution < -0.4 is 5.32 Å². The molecule has 3 aromatic rings. The van der Waals surface area contributed by atoms with E-state index < -0.39 is 0 Å². The topological polar surface area (TPSA) is 69.0 Å². The smallest absolute Gasteiger partial charge is 0.254 e. The first-order valence-corrected chi connectivity index (χ1v) is 8.08. The van der Waals surface area contributed by atoms with E-state index in [0.717, 1.165) is 29.3 Å². The molecule has 122 valence electrons. The summed E-state index contributed by atoms with van der Waals surface area (Å²) in [5.41, 5.74) is 2.06. The number of fused-ring (bicyclic) bond motifs is 1. The summed E-state index contributed by atoms with van der Waals surface area (Å²) in [7, 11) is 0. The number of hydrogen-bond acceptors (Lipinski definition) is 4. The van der Waals surface area contributed by atoms with E-state index in [1.165, 1.54) is 0 Å². The Morgan fingerprint density at radius 2 is 2.21 bits per heavy atom. The van der Waals surface area contributed by atoms with E-state index >= 15 is 0 Å². The fraction of sp³-hybridized carbons (Fsp3) is 0.278. The lowest BCUT2D eigenvalue weighted by Gasteiger charge is -2.08. The molecule has 1 fully saturated rings. The van der Waals surface area contributed by atoms with Crippen LogP contribution in [-0.4, -0.2) is 33.4 Å². The van der Waals surface area contributed by atoms with Crippen LogP contribution in [0, 0.1) is 0 Å². The predicted octanol–water partition coefficient (Wildman–Crippen LogP) is 2.60. The first kappa shape index (κ1) is 14.8. The van der Waals surface area contributed by atoms with Gasteiger partial charge < -0.3 is 10.1 Å². The molecule has 0 aliphatic carbocycles. The van der Waals surface area contributed by atoms with Gasteiger partial charge in [0, 0.05) is 30.5 Å². The maximum Gasteiger partial charge on any atom is 0.254 e. The first-order valence-electron chi connectivity index (χ1n) is 8.08. The third kappa shape index (κ3) is 3.00. The van der Waals surface area contributed by atoms with Crippen LogP contribution in [0.4, 0.5) is 5.82 Å². The van der Waals surface area contributed by atoms with Crippen LogP contribution in [0.15, 0.2) is 48.8 Å². The second-order valence-corrected chi connectivity index (χ2v) is 5.88. The van der Waals surface area contributed by atoms with Crippen molar-refractivity contribution in [2.45, 2.75) is 25.5 Å². The van der Waals surface area contributed by atoms with Gasteiger partial charge >= 0.3 is 0 Å². The molecule has 0 radical (unpaired) electrons. The fourth-order valence-corrected chi connectivity index (χ4v) is 2.98. The first-order chi connectivity index (χ1) is 11.8. The second kappa shape index (κ2) is 6.41. The van der Waals surface area contributed by atoms with Gasteiger partial charge in [0.05, 0.1) is 12.1 Å². The van der Waals surface area contributed by atoms with Crippen molar-refractivity contribution in [2.75, 3.05) is 11.9 Å². The summed E-state index contributed by atoms with van der Waals surface area (Å²) in [4.78, 5) is 16.5. The van der Waals surface area contributed by atoms with Crippen molar-refractivity contribution in [3.8, 4) is 0 Å². The number of carbonyl (C=O) groups excluding carboxylic acids is 1. The number of amides is 1. The average Bonchev–Trinajstić information content (AvgIpc) is 3.27. The monoisotopic (exact) mass is 322 g/mol. The second-order valence-electron chi connectivity index (χ2n) is 5.88. The Morgan fingerprint density at radius 3 is 3.08 bits per heavy atom. The number of para-hydroxylation sites is 1. The van der Waals surface area contributed by atoms with Crippen molar-refractivity contribution in [3.63, 3.8) is 0 Å². The normalized spacial score (nSPS) is 17.2. The third-order valence-corrected chi connectivity index (χ3v) is 4.16. The molecule has 1 aliphatic rings. The van der Waals surface area contributed by atoms with E-state index in [-0.39, 0.29) is 12.0 Å². The van der Waals surface area contributed by atoms with Gasteiger partial charge in [-0.15, -0.1) is 0 Å². The maximum absolute atomic E-state index is 12.1. The predicted molar refractivity (Wildman–Crippen MR) is 90.7 cm³/mol. The summed E-state index contributed by atoms with van der Waals surface area (Å²) in [5.74, 6) is 0.424. The van der Waals surface area contributed by atoms with Crippen molar-refractivity contribution in [1.82, 2.24) is 14.8 Å². The highest BCUT2D eigenvalue weighted by molar-refractivity contribution is 5.93. The van der Waals surface area contributed by atoms with Crippen molar-refractivity contribution >= 4 is 22.6 Å². The van der Waals surface area contributed by atoms with Gasteiger partial charge in [-0.2, -0.15) is 5.10 Å². The average molecular weight is 322 g/mol. The molecule has 0 spiro atoms. The van der Waals surface area contributed by atoms with Gasteiger partial charge in [0.15, 0.2) is 5.82 Å². The Bertz CT molecular complexity index is 863. The largest absolute Gasteiger partial charge is 0.368 e. The zero-order valence-electron chi connectivity index (χ0n) is 13.2. The van der Waals surface area contributed by atoms with Crippen molar-refractivity contribution in [1.29, 1.82) is 0 Å². The number of pyridine rings is 1. The lowest BCUT2D eigenvalue weighted by Crippen LogP contribution is -2.27. The molecule has 6 nitrogen and oxygen atoms in total. The Morgan fingerprint density at radius 1 is 1.29 bits per heavy atom. The molecular formula is C18H18N4O2. The number of ether oxygens (including phenoxy) is 1. The lowest BCUT2D eigenvalue weighted by molar-refractivity contribution is -0.124. The summed E-state index contributed by atoms with van der Waals surface area (Å²) in [6, 6.07) is 11.9. The van der Waals surface area contributed by atoms with Gasteiger partial charge in [-0.1, -0.05) is 24.3 Å². The molecule has 0 saturated carbocycles. The fourth-order valence-electron chi connectivity index (χ4n) is 2.98. The number of nitrogens with zero attached hydrogens (tertiary/aromatic N) is 3. The maximum atomic E-state index is 12.1. The number of carbonyl (C=O) groups is 1. The van der Waals surface area contributed by atoms with E-state index in [4.69, 9.17) is 4.74 Å². The number of aromatic nitrogens is 3. The van der Waals surface area contributed by atoms with Crippen LogP contribution in [0.3, 0.4) is 0 Å². The minimum atomic E-state index is -0.350. The molecule has 1 N–H and O–H groups in total. The van der Waals surface area contributed by atoms with E-state index in [0.29, 0.717) is 19.0 Å². The minimum absolute atomic E-state index is 0.121. The molecule has 0 unspecified atom stereocenters. The van der Waals surface area contributed by atoms with Crippen LogP contribution in [0.1, 0.15) is 18.4 Å². The highest BCUT2D eigenvalue weighted by Crippen LogP contribution is 2.18. The van der Waals surface area contributed by atoms with Gasteiger partial charge in [0.2, 0.25) is 0 Å². The van der Waals surface area contributed by atoms with Gasteiger partial charge in [-0.05, 0) is 24.5 Å². The van der Waals surface area contributed by atoms with E-state index in [1.54, 1.807) is 16.9 Å². The molecule has 1 aromatic carbocycles. The van der Waals surface area contributed by atoms with Crippen molar-refractivity contribution in [3.05, 3.63) is 54.4 Å². The highest BCUT2D eigenvalue weighted by atomic mass is 16.5. The van der Waals surface area contributed by atoms with Crippen LogP contribution in [0.25, 0.3) is 10.9 Å². The molecule has 1 saturated heterocycles. The Balaban J connectivity index is 1.49. The lowest BCUT2D eigenvalue weighted by atomic mass is 10.1. The number of hydrogen-bond donors (Lipinski definition) is 1. The van der Waals surface area contributed by atoms with Gasteiger partial charge in [-0.3, -0.25) is 14.5 Å². The molecule has 2 aromatic heterocycles. The molecule has 1 atom stereocenters. The van der Waals surface area contributed by atoms with Crippen molar-refractivity contribution < 1.29 is 9.53 Å². The summed E-state index contributed by atoms with van der Waals surface area (Å²) in [5, 5.41) is 8.35. The molecule has 0 bridgehead atoms. The highest BCUT2D eigenvalue weighted by Gasteiger charge is 2.24. The SMILES string of the molecule is O=C(Nc1ccn(Cc2cccc3cccnc23)n1)[C@@H]1CCCO1. The molecule has 24 heavy (non-hydrogen) atoms. The standard InChI is InChI=1S/C18H18N4O2/c23-18(15-7-3-11-24-15)20-16-8-10-22(21-16)12-14-5-1-4-13-6-2-9-19-17(13)14/h1-2,4-6,8-10,15H,3,7,11-12H2,(H,20,21,23)/t15-/m0/s1. The van der Waals surface area contributed by atoms with Gasteiger partial charge in [-0.25, -0.2) is 0 Å². The Hall–Kier alpha value is -2.73. The summed E-state index contributed by atoms with van der Waals surface area (Å²) >= 11 is 0. The molecule has 1 aliphatic heterocycles. The van der Waals surface area contributed by atoms with Crippen LogP contribution in [-0.2, 0) is 16.1 Å². The Kier molecular flexibility index (Phi) is 3.96. The number of benzene rings is 1. The Labute approximate surface area is 139 Å². The molecule has 4 rings (SSSR count). The number of nitrogens with one attached hydrogen (secondary N) is 1. The summed E-state index contributed by atoms with van der Waals surface area (Å²) < 4.78 is 7.18. The van der Waals surface area contributed by atoms with Crippen LogP contribution in [0.2, 0.25) is 0 Å². The zero-order valence-corrected chi connectivity index (χ0v) is 13.2. The quantitative estimate of drug-likeness (QED) is 0.801. The van der Waals surface area contributed by atoms with E-state index in [2.05, 4.69) is 15.4 Å². The van der Waals surface area contributed by atoms with E-state index in [1.807, 2.05) is 36.5 Å². The van der Waals surface area contributed by atoms with Gasteiger partial charge in [0.1, 0.15) is 6.10 Å².